The van der Waals surface area contributed by atoms with E-state index >= 15 is 0 Å². The quantitative estimate of drug-likeness (QED) is 0.708. The molecule has 0 amide bonds. The van der Waals surface area contributed by atoms with Gasteiger partial charge in [-0.25, -0.2) is 4.84 Å². The Labute approximate surface area is 86.4 Å². The van der Waals surface area contributed by atoms with Crippen molar-refractivity contribution in [3.05, 3.63) is 27.4 Å². The molecule has 0 saturated carbocycles. The maximum Gasteiger partial charge on any atom is 0.353 e. The van der Waals surface area contributed by atoms with Gasteiger partial charge in [-0.3, -0.25) is 4.98 Å². The number of aryl methyl sites for hydroxylation is 1. The molecule has 1 aromatic heterocycles. The number of fused-ring (bicyclic) bond motifs is 1. The topological polar surface area (TPSA) is 42.2 Å². The molecule has 0 aliphatic heterocycles. The summed E-state index contributed by atoms with van der Waals surface area (Å²) in [5.41, 5.74) is 2.28. The SMILES string of the molecule is CO[N+](=O)c1cnc2c(c1Cl)CCC2. The molecule has 1 aromatic rings. The van der Waals surface area contributed by atoms with Gasteiger partial charge in [-0.2, -0.15) is 0 Å². The minimum absolute atomic E-state index is 0.287. The van der Waals surface area contributed by atoms with Crippen molar-refractivity contribution in [1.82, 2.24) is 4.98 Å². The van der Waals surface area contributed by atoms with Crippen molar-refractivity contribution < 1.29 is 9.76 Å². The van der Waals surface area contributed by atoms with Crippen LogP contribution in [0.15, 0.2) is 6.20 Å². The lowest BCUT2D eigenvalue weighted by Crippen LogP contribution is -2.01. The van der Waals surface area contributed by atoms with Gasteiger partial charge in [0.05, 0.1) is 4.91 Å². The lowest BCUT2D eigenvalue weighted by atomic mass is 10.2. The van der Waals surface area contributed by atoms with E-state index in [0.717, 1.165) is 30.5 Å². The van der Waals surface area contributed by atoms with E-state index in [0.29, 0.717) is 9.95 Å². The molecule has 0 fully saturated rings. The first-order valence-electron chi connectivity index (χ1n) is 4.41. The van der Waals surface area contributed by atoms with E-state index in [-0.39, 0.29) is 5.69 Å². The van der Waals surface area contributed by atoms with Crippen molar-refractivity contribution in [3.8, 4) is 0 Å². The summed E-state index contributed by atoms with van der Waals surface area (Å²) in [5.74, 6) is 0. The summed E-state index contributed by atoms with van der Waals surface area (Å²) < 4.78 is 0. The second-order valence-corrected chi connectivity index (χ2v) is 3.55. The van der Waals surface area contributed by atoms with Crippen molar-refractivity contribution in [2.24, 2.45) is 0 Å². The molecule has 0 atom stereocenters. The third kappa shape index (κ3) is 1.35. The van der Waals surface area contributed by atoms with E-state index in [4.69, 9.17) is 11.6 Å². The molecule has 14 heavy (non-hydrogen) atoms. The minimum Gasteiger partial charge on any atom is -0.254 e. The van der Waals surface area contributed by atoms with Crippen molar-refractivity contribution in [3.63, 3.8) is 0 Å². The Morgan fingerprint density at radius 3 is 3.07 bits per heavy atom. The van der Waals surface area contributed by atoms with Crippen LogP contribution in [0.3, 0.4) is 0 Å². The average Bonchev–Trinajstić information content (AvgIpc) is 2.66. The fourth-order valence-corrected chi connectivity index (χ4v) is 2.00. The molecule has 2 rings (SSSR count). The van der Waals surface area contributed by atoms with Crippen molar-refractivity contribution in [2.75, 3.05) is 7.11 Å². The second kappa shape index (κ2) is 3.53. The zero-order valence-corrected chi connectivity index (χ0v) is 8.54. The number of hydrogen-bond donors (Lipinski definition) is 0. The van der Waals surface area contributed by atoms with E-state index in [2.05, 4.69) is 9.82 Å². The van der Waals surface area contributed by atoms with Gasteiger partial charge in [0.1, 0.15) is 11.2 Å². The van der Waals surface area contributed by atoms with Crippen LogP contribution in [0.2, 0.25) is 5.02 Å². The van der Waals surface area contributed by atoms with Crippen LogP contribution in [0.1, 0.15) is 17.7 Å². The van der Waals surface area contributed by atoms with Gasteiger partial charge in [0, 0.05) is 5.69 Å². The summed E-state index contributed by atoms with van der Waals surface area (Å²) in [6, 6.07) is 0. The Bertz CT molecular complexity index is 393. The van der Waals surface area contributed by atoms with Gasteiger partial charge in [-0.05, 0) is 24.8 Å². The molecule has 1 aliphatic rings. The Morgan fingerprint density at radius 2 is 2.36 bits per heavy atom. The van der Waals surface area contributed by atoms with Crippen LogP contribution in [0, 0.1) is 4.91 Å². The molecule has 0 bridgehead atoms. The van der Waals surface area contributed by atoms with E-state index in [9.17, 15) is 4.91 Å². The van der Waals surface area contributed by atoms with Crippen LogP contribution < -0.4 is 0 Å². The third-order valence-electron chi connectivity index (χ3n) is 2.38. The molecular formula is C9H10ClN2O2+. The Hall–Kier alpha value is -1.16. The Balaban J connectivity index is 2.50. The molecule has 74 valence electrons. The Morgan fingerprint density at radius 1 is 1.57 bits per heavy atom. The van der Waals surface area contributed by atoms with Crippen LogP contribution in [-0.4, -0.2) is 17.0 Å². The number of hydrogen-bond acceptors (Lipinski definition) is 3. The van der Waals surface area contributed by atoms with Crippen molar-refractivity contribution in [1.29, 1.82) is 0 Å². The standard InChI is InChI=1S/C9H10ClN2O2/c1-14-12(13)8-5-11-7-4-2-3-6(7)9(8)10/h5H,2-4H2,1H3/q+1. The fourth-order valence-electron chi connectivity index (χ4n) is 1.68. The third-order valence-corrected chi connectivity index (χ3v) is 2.81. The molecule has 5 heteroatoms. The molecule has 0 spiro atoms. The molecule has 0 radical (unpaired) electrons. The van der Waals surface area contributed by atoms with Gasteiger partial charge in [0.15, 0.2) is 7.11 Å². The normalized spacial score (nSPS) is 13.9. The highest BCUT2D eigenvalue weighted by molar-refractivity contribution is 6.33. The predicted octanol–water partition coefficient (Wildman–Crippen LogP) is 2.20. The first-order valence-corrected chi connectivity index (χ1v) is 4.79. The summed E-state index contributed by atoms with van der Waals surface area (Å²) in [7, 11) is 1.30. The predicted molar refractivity (Wildman–Crippen MR) is 51.6 cm³/mol. The Kier molecular flexibility index (Phi) is 2.37. The van der Waals surface area contributed by atoms with Crippen LogP contribution in [0.5, 0.6) is 0 Å². The molecule has 1 aliphatic carbocycles. The van der Waals surface area contributed by atoms with Gasteiger partial charge in [-0.15, -0.1) is 0 Å². The maximum absolute atomic E-state index is 11.2. The molecule has 0 unspecified atom stereocenters. The molecule has 0 N–H and O–H groups in total. The molecular weight excluding hydrogens is 204 g/mol. The number of nitrogens with zero attached hydrogens (tertiary/aromatic N) is 2. The highest BCUT2D eigenvalue weighted by atomic mass is 35.5. The fraction of sp³-hybridized carbons (Fsp3) is 0.444. The van der Waals surface area contributed by atoms with Crippen LogP contribution in [0.25, 0.3) is 0 Å². The van der Waals surface area contributed by atoms with E-state index in [1.807, 2.05) is 0 Å². The van der Waals surface area contributed by atoms with Gasteiger partial charge in [0.2, 0.25) is 0 Å². The monoisotopic (exact) mass is 213 g/mol. The highest BCUT2D eigenvalue weighted by Crippen LogP contribution is 2.33. The lowest BCUT2D eigenvalue weighted by Gasteiger charge is -1.99. The number of rotatable bonds is 2. The van der Waals surface area contributed by atoms with Gasteiger partial charge < -0.3 is 0 Å². The maximum atomic E-state index is 11.2. The van der Waals surface area contributed by atoms with Crippen molar-refractivity contribution >= 4 is 17.3 Å². The molecule has 0 aromatic carbocycles. The molecule has 4 nitrogen and oxygen atoms in total. The van der Waals surface area contributed by atoms with E-state index < -0.39 is 0 Å². The largest absolute Gasteiger partial charge is 0.353 e. The summed E-state index contributed by atoms with van der Waals surface area (Å²) >= 11 is 6.07. The van der Waals surface area contributed by atoms with Gasteiger partial charge in [-0.1, -0.05) is 11.6 Å². The zero-order valence-electron chi connectivity index (χ0n) is 7.79. The first-order chi connectivity index (χ1) is 6.74. The highest BCUT2D eigenvalue weighted by Gasteiger charge is 2.27. The van der Waals surface area contributed by atoms with Gasteiger partial charge in [0.25, 0.3) is 4.92 Å². The summed E-state index contributed by atoms with van der Waals surface area (Å²) in [6.07, 6.45) is 4.36. The molecule has 1 heterocycles. The minimum atomic E-state index is 0.287. The number of pyridine rings is 1. The van der Waals surface area contributed by atoms with Crippen LogP contribution >= 0.6 is 11.6 Å². The van der Waals surface area contributed by atoms with E-state index in [1.54, 1.807) is 0 Å². The molecule has 0 saturated heterocycles. The lowest BCUT2D eigenvalue weighted by molar-refractivity contribution is -0.736. The number of aromatic nitrogens is 1. The number of halogens is 1. The average molecular weight is 214 g/mol. The van der Waals surface area contributed by atoms with E-state index in [1.165, 1.54) is 13.3 Å². The summed E-state index contributed by atoms with van der Waals surface area (Å²) in [4.78, 5) is 20.3. The van der Waals surface area contributed by atoms with Crippen LogP contribution in [-0.2, 0) is 17.7 Å². The first kappa shape index (κ1) is 9.40. The zero-order chi connectivity index (χ0) is 10.1. The van der Waals surface area contributed by atoms with Crippen molar-refractivity contribution in [2.45, 2.75) is 19.3 Å². The summed E-state index contributed by atoms with van der Waals surface area (Å²) in [5, 5.41) is 0.476. The smallest absolute Gasteiger partial charge is 0.254 e. The van der Waals surface area contributed by atoms with Gasteiger partial charge >= 0.3 is 5.69 Å². The van der Waals surface area contributed by atoms with Crippen LogP contribution in [0.4, 0.5) is 5.69 Å². The summed E-state index contributed by atoms with van der Waals surface area (Å²) in [6.45, 7) is 0. The second-order valence-electron chi connectivity index (χ2n) is 3.18.